The van der Waals surface area contributed by atoms with Gasteiger partial charge in [0, 0.05) is 32.4 Å². The topological polar surface area (TPSA) is 75.4 Å². The molecule has 2 N–H and O–H groups in total. The number of amides is 1. The van der Waals surface area contributed by atoms with Crippen LogP contribution in [-0.4, -0.2) is 47.2 Å². The summed E-state index contributed by atoms with van der Waals surface area (Å²) in [7, 11) is 1.85. The molecule has 1 aliphatic heterocycles. The highest BCUT2D eigenvalue weighted by atomic mass is 16.2. The zero-order chi connectivity index (χ0) is 17.8. The number of piperidine rings is 1. The Morgan fingerprint density at radius 2 is 2.08 bits per heavy atom. The number of nitrogens with two attached hydrogens (primary N) is 1. The van der Waals surface area contributed by atoms with Crippen LogP contribution >= 0.6 is 0 Å². The van der Waals surface area contributed by atoms with Crippen molar-refractivity contribution in [3.8, 4) is 0 Å². The highest BCUT2D eigenvalue weighted by molar-refractivity contribution is 5.83. The number of carbonyl (C=O) groups is 1. The lowest BCUT2D eigenvalue weighted by molar-refractivity contribution is -0.133. The maximum absolute atomic E-state index is 12.8. The van der Waals surface area contributed by atoms with Gasteiger partial charge in [-0.1, -0.05) is 29.8 Å². The zero-order valence-corrected chi connectivity index (χ0v) is 14.8. The minimum absolute atomic E-state index is 0.0464. The number of benzene rings is 1. The standard InChI is InChI=1S/C19H25N5O/c1-14-7-9-15(10-8-14)18(20)19(25)23(2)16-5-4-12-24(13-16)17-6-3-11-21-22-17/h3,6-11,16,18H,4-5,12-13,20H2,1-2H3. The normalized spacial score (nSPS) is 18.7. The minimum atomic E-state index is -0.627. The third kappa shape index (κ3) is 3.96. The van der Waals surface area contributed by atoms with Gasteiger partial charge in [-0.2, -0.15) is 5.10 Å². The summed E-state index contributed by atoms with van der Waals surface area (Å²) in [6.07, 6.45) is 3.65. The number of likely N-dealkylation sites (N-methyl/N-ethyl adjacent to an activating group) is 1. The van der Waals surface area contributed by atoms with Crippen LogP contribution in [0.3, 0.4) is 0 Å². The first-order valence-electron chi connectivity index (χ1n) is 8.67. The first-order valence-corrected chi connectivity index (χ1v) is 8.67. The van der Waals surface area contributed by atoms with E-state index in [0.29, 0.717) is 0 Å². The predicted octanol–water partition coefficient (Wildman–Crippen LogP) is 1.91. The van der Waals surface area contributed by atoms with Gasteiger partial charge >= 0.3 is 0 Å². The fourth-order valence-corrected chi connectivity index (χ4v) is 3.26. The molecule has 2 heterocycles. The van der Waals surface area contributed by atoms with Crippen molar-refractivity contribution in [3.05, 3.63) is 53.7 Å². The number of aryl methyl sites for hydroxylation is 1. The van der Waals surface area contributed by atoms with Gasteiger partial charge in [-0.3, -0.25) is 4.79 Å². The smallest absolute Gasteiger partial charge is 0.244 e. The van der Waals surface area contributed by atoms with Gasteiger partial charge in [-0.05, 0) is 37.5 Å². The van der Waals surface area contributed by atoms with Crippen molar-refractivity contribution in [1.82, 2.24) is 15.1 Å². The lowest BCUT2D eigenvalue weighted by Crippen LogP contribution is -2.50. The Morgan fingerprint density at radius 1 is 1.32 bits per heavy atom. The van der Waals surface area contributed by atoms with Gasteiger partial charge in [0.05, 0.1) is 0 Å². The molecule has 1 aromatic carbocycles. The van der Waals surface area contributed by atoms with Crippen molar-refractivity contribution < 1.29 is 4.79 Å². The quantitative estimate of drug-likeness (QED) is 0.921. The minimum Gasteiger partial charge on any atom is -0.353 e. The van der Waals surface area contributed by atoms with Crippen LogP contribution in [-0.2, 0) is 4.79 Å². The summed E-state index contributed by atoms with van der Waals surface area (Å²) in [4.78, 5) is 16.8. The Kier molecular flexibility index (Phi) is 5.28. The van der Waals surface area contributed by atoms with E-state index in [1.54, 1.807) is 11.1 Å². The van der Waals surface area contributed by atoms with E-state index in [1.807, 2.05) is 50.4 Å². The SMILES string of the molecule is Cc1ccc(C(N)C(=O)N(C)C2CCCN(c3cccnn3)C2)cc1. The molecule has 1 amide bonds. The number of rotatable bonds is 4. The van der Waals surface area contributed by atoms with Gasteiger partial charge < -0.3 is 15.5 Å². The molecule has 1 aromatic heterocycles. The summed E-state index contributed by atoms with van der Waals surface area (Å²) in [5.74, 6) is 0.811. The van der Waals surface area contributed by atoms with E-state index in [0.717, 1.165) is 42.9 Å². The lowest BCUT2D eigenvalue weighted by Gasteiger charge is -2.38. The van der Waals surface area contributed by atoms with Crippen molar-refractivity contribution >= 4 is 11.7 Å². The number of nitrogens with zero attached hydrogens (tertiary/aromatic N) is 4. The van der Waals surface area contributed by atoms with Crippen LogP contribution in [0.25, 0.3) is 0 Å². The first kappa shape index (κ1) is 17.4. The van der Waals surface area contributed by atoms with Crippen LogP contribution in [0.2, 0.25) is 0 Å². The van der Waals surface area contributed by atoms with Crippen LogP contribution < -0.4 is 10.6 Å². The maximum Gasteiger partial charge on any atom is 0.244 e. The van der Waals surface area contributed by atoms with Gasteiger partial charge in [0.15, 0.2) is 5.82 Å². The van der Waals surface area contributed by atoms with Gasteiger partial charge in [0.1, 0.15) is 6.04 Å². The Hall–Kier alpha value is -2.47. The van der Waals surface area contributed by atoms with Crippen LogP contribution in [0.4, 0.5) is 5.82 Å². The Morgan fingerprint density at radius 3 is 2.76 bits per heavy atom. The van der Waals surface area contributed by atoms with Crippen molar-refractivity contribution in [1.29, 1.82) is 0 Å². The zero-order valence-electron chi connectivity index (χ0n) is 14.8. The van der Waals surface area contributed by atoms with Gasteiger partial charge in [0.2, 0.25) is 5.91 Å². The van der Waals surface area contributed by atoms with E-state index in [1.165, 1.54) is 0 Å². The summed E-state index contributed by atoms with van der Waals surface area (Å²) >= 11 is 0. The highest BCUT2D eigenvalue weighted by Crippen LogP contribution is 2.22. The summed E-state index contributed by atoms with van der Waals surface area (Å²) < 4.78 is 0. The molecular formula is C19H25N5O. The van der Waals surface area contributed by atoms with Crippen molar-refractivity contribution in [2.75, 3.05) is 25.0 Å². The van der Waals surface area contributed by atoms with Gasteiger partial charge in [-0.25, -0.2) is 0 Å². The molecule has 0 aliphatic carbocycles. The summed E-state index contributed by atoms with van der Waals surface area (Å²) in [5.41, 5.74) is 8.22. The van der Waals surface area contributed by atoms with Crippen LogP contribution in [0.1, 0.15) is 30.0 Å². The first-order chi connectivity index (χ1) is 12.1. The molecule has 6 nitrogen and oxygen atoms in total. The van der Waals surface area contributed by atoms with Crippen molar-refractivity contribution in [3.63, 3.8) is 0 Å². The average molecular weight is 339 g/mol. The van der Waals surface area contributed by atoms with Gasteiger partial charge in [0.25, 0.3) is 0 Å². The second kappa shape index (κ2) is 7.61. The molecule has 132 valence electrons. The van der Waals surface area contributed by atoms with Crippen LogP contribution in [0.5, 0.6) is 0 Å². The third-order valence-corrected chi connectivity index (χ3v) is 4.88. The van der Waals surface area contributed by atoms with E-state index in [9.17, 15) is 4.79 Å². The molecule has 25 heavy (non-hydrogen) atoms. The van der Waals surface area contributed by atoms with Gasteiger partial charge in [-0.15, -0.1) is 5.10 Å². The molecule has 0 spiro atoms. The molecule has 6 heteroatoms. The number of carbonyl (C=O) groups excluding carboxylic acids is 1. The second-order valence-corrected chi connectivity index (χ2v) is 6.66. The third-order valence-electron chi connectivity index (χ3n) is 4.88. The summed E-state index contributed by atoms with van der Waals surface area (Å²) in [6.45, 7) is 3.70. The molecule has 1 saturated heterocycles. The molecular weight excluding hydrogens is 314 g/mol. The van der Waals surface area contributed by atoms with Crippen LogP contribution in [0, 0.1) is 6.92 Å². The summed E-state index contributed by atoms with van der Waals surface area (Å²) in [6, 6.07) is 11.2. The number of aromatic nitrogens is 2. The molecule has 0 saturated carbocycles. The molecule has 0 radical (unpaired) electrons. The fourth-order valence-electron chi connectivity index (χ4n) is 3.26. The molecule has 3 rings (SSSR count). The molecule has 2 aromatic rings. The van der Waals surface area contributed by atoms with Crippen LogP contribution in [0.15, 0.2) is 42.6 Å². The summed E-state index contributed by atoms with van der Waals surface area (Å²) in [5, 5.41) is 8.13. The molecule has 1 fully saturated rings. The average Bonchev–Trinajstić information content (AvgIpc) is 2.67. The van der Waals surface area contributed by atoms with E-state index in [4.69, 9.17) is 5.73 Å². The second-order valence-electron chi connectivity index (χ2n) is 6.66. The number of hydrogen-bond donors (Lipinski definition) is 1. The molecule has 1 aliphatic rings. The van der Waals surface area contributed by atoms with E-state index in [-0.39, 0.29) is 11.9 Å². The van der Waals surface area contributed by atoms with Crippen molar-refractivity contribution in [2.45, 2.75) is 31.8 Å². The highest BCUT2D eigenvalue weighted by Gasteiger charge is 2.29. The molecule has 0 bridgehead atoms. The van der Waals surface area contributed by atoms with E-state index in [2.05, 4.69) is 15.1 Å². The number of anilines is 1. The van der Waals surface area contributed by atoms with Crippen molar-refractivity contribution in [2.24, 2.45) is 5.73 Å². The molecule has 2 atom stereocenters. The largest absolute Gasteiger partial charge is 0.353 e. The van der Waals surface area contributed by atoms with E-state index >= 15 is 0 Å². The predicted molar refractivity (Wildman–Crippen MR) is 98.1 cm³/mol. The molecule has 2 unspecified atom stereocenters. The maximum atomic E-state index is 12.8. The fraction of sp³-hybridized carbons (Fsp3) is 0.421. The Balaban J connectivity index is 1.68. The Labute approximate surface area is 148 Å². The lowest BCUT2D eigenvalue weighted by atomic mass is 10.0. The van der Waals surface area contributed by atoms with E-state index < -0.39 is 6.04 Å². The number of hydrogen-bond acceptors (Lipinski definition) is 5. The Bertz CT molecular complexity index is 704. The monoisotopic (exact) mass is 339 g/mol.